The molecule has 8 nitrogen and oxygen atoms in total. The van der Waals surface area contributed by atoms with Crippen LogP contribution in [-0.2, 0) is 15.2 Å². The number of aliphatic hydroxyl groups is 1. The normalized spacial score (nSPS) is 32.5. The average Bonchev–Trinajstić information content (AvgIpc) is 2.89. The number of benzene rings is 1. The van der Waals surface area contributed by atoms with Crippen molar-refractivity contribution >= 4 is 23.6 Å². The Balaban J connectivity index is 2.14. The highest BCUT2D eigenvalue weighted by Gasteiger charge is 2.64. The summed E-state index contributed by atoms with van der Waals surface area (Å²) in [6.07, 6.45) is -1.52. The van der Waals surface area contributed by atoms with Crippen molar-refractivity contribution in [2.24, 2.45) is 11.1 Å². The molecular weight excluding hydrogens is 302 g/mol. The summed E-state index contributed by atoms with van der Waals surface area (Å²) >= 11 is 0. The number of hydrogen-bond acceptors (Lipinski definition) is 4. The third kappa shape index (κ3) is 1.91. The van der Waals surface area contributed by atoms with E-state index in [0.29, 0.717) is 11.3 Å². The summed E-state index contributed by atoms with van der Waals surface area (Å²) in [4.78, 5) is 36.5. The molecule has 2 heterocycles. The van der Waals surface area contributed by atoms with Crippen LogP contribution in [0.15, 0.2) is 24.3 Å². The van der Waals surface area contributed by atoms with Gasteiger partial charge in [-0.2, -0.15) is 0 Å². The Labute approximate surface area is 131 Å². The van der Waals surface area contributed by atoms with E-state index in [1.165, 1.54) is 6.92 Å². The van der Waals surface area contributed by atoms with Crippen molar-refractivity contribution in [3.63, 3.8) is 0 Å². The number of primary amides is 1. The molecule has 0 bridgehead atoms. The predicted molar refractivity (Wildman–Crippen MR) is 79.4 cm³/mol. The molecule has 1 saturated heterocycles. The first-order valence-electron chi connectivity index (χ1n) is 7.13. The number of para-hydroxylation sites is 1. The Hall–Kier alpha value is -2.61. The molecule has 1 spiro atoms. The molecule has 2 aliphatic heterocycles. The maximum atomic E-state index is 12.7. The highest BCUT2D eigenvalue weighted by molar-refractivity contribution is 6.01. The standard InChI is InChI=1S/C15H17N3O5/c1-14(23)8-4-2-3-5-9(8)17-12(20)15(14)6-10(11(16)19)18(7-15)13(21)22/h2-5,10,23H,6-7H2,1H3,(H2,16,19)(H,17,20)(H,21,22)/t10-,14?,15+/m0/s1. The predicted octanol–water partition coefficient (Wildman–Crippen LogP) is 0.0702. The fraction of sp³-hybridized carbons (Fsp3) is 0.400. The number of rotatable bonds is 1. The van der Waals surface area contributed by atoms with Crippen LogP contribution in [0.5, 0.6) is 0 Å². The highest BCUT2D eigenvalue weighted by atomic mass is 16.4. The zero-order valence-electron chi connectivity index (χ0n) is 12.4. The molecular formula is C15H17N3O5. The first kappa shape index (κ1) is 15.3. The number of hydrogen-bond donors (Lipinski definition) is 4. The Bertz CT molecular complexity index is 693. The fourth-order valence-corrected chi connectivity index (χ4v) is 3.62. The number of likely N-dealkylation sites (tertiary alicyclic amines) is 1. The van der Waals surface area contributed by atoms with Crippen LogP contribution in [0.1, 0.15) is 18.9 Å². The van der Waals surface area contributed by atoms with Crippen LogP contribution in [0.4, 0.5) is 10.5 Å². The quantitative estimate of drug-likeness (QED) is 0.581. The smallest absolute Gasteiger partial charge is 0.408 e. The number of carbonyl (C=O) groups is 3. The molecule has 0 radical (unpaired) electrons. The van der Waals surface area contributed by atoms with Gasteiger partial charge in [0.05, 0.1) is 0 Å². The molecule has 8 heteroatoms. The van der Waals surface area contributed by atoms with E-state index >= 15 is 0 Å². The molecule has 0 saturated carbocycles. The van der Waals surface area contributed by atoms with Gasteiger partial charge in [-0.15, -0.1) is 0 Å². The number of anilines is 1. The molecule has 3 amide bonds. The molecule has 1 aromatic rings. The van der Waals surface area contributed by atoms with Gasteiger partial charge in [0.15, 0.2) is 0 Å². The number of nitrogens with zero attached hydrogens (tertiary/aromatic N) is 1. The summed E-state index contributed by atoms with van der Waals surface area (Å²) in [5.74, 6) is -1.36. The van der Waals surface area contributed by atoms with Crippen molar-refractivity contribution in [3.8, 4) is 0 Å². The van der Waals surface area contributed by atoms with Crippen molar-refractivity contribution < 1.29 is 24.6 Å². The van der Waals surface area contributed by atoms with E-state index in [9.17, 15) is 24.6 Å². The minimum atomic E-state index is -1.64. The lowest BCUT2D eigenvalue weighted by molar-refractivity contribution is -0.145. The second-order valence-corrected chi connectivity index (χ2v) is 6.19. The minimum Gasteiger partial charge on any atom is -0.465 e. The molecule has 23 heavy (non-hydrogen) atoms. The largest absolute Gasteiger partial charge is 0.465 e. The third-order valence-corrected chi connectivity index (χ3v) is 5.00. The summed E-state index contributed by atoms with van der Waals surface area (Å²) in [7, 11) is 0. The number of nitrogens with two attached hydrogens (primary N) is 1. The van der Waals surface area contributed by atoms with Gasteiger partial charge in [0, 0.05) is 17.8 Å². The summed E-state index contributed by atoms with van der Waals surface area (Å²) in [6.45, 7) is 1.16. The van der Waals surface area contributed by atoms with Crippen LogP contribution >= 0.6 is 0 Å². The molecule has 1 fully saturated rings. The summed E-state index contributed by atoms with van der Waals surface area (Å²) in [5.41, 5.74) is 3.13. The molecule has 3 atom stereocenters. The lowest BCUT2D eigenvalue weighted by atomic mass is 9.65. The molecule has 0 aromatic heterocycles. The summed E-state index contributed by atoms with van der Waals surface area (Å²) in [6, 6.07) is 5.60. The Morgan fingerprint density at radius 2 is 2.04 bits per heavy atom. The number of carbonyl (C=O) groups excluding carboxylic acids is 2. The Morgan fingerprint density at radius 1 is 1.39 bits per heavy atom. The minimum absolute atomic E-state index is 0.165. The number of amides is 3. The van der Waals surface area contributed by atoms with Crippen LogP contribution in [0.2, 0.25) is 0 Å². The second kappa shape index (κ2) is 4.69. The maximum Gasteiger partial charge on any atom is 0.408 e. The fourth-order valence-electron chi connectivity index (χ4n) is 3.62. The topological polar surface area (TPSA) is 133 Å². The van der Waals surface area contributed by atoms with E-state index in [0.717, 1.165) is 4.90 Å². The van der Waals surface area contributed by atoms with Crippen molar-refractivity contribution in [1.29, 1.82) is 0 Å². The van der Waals surface area contributed by atoms with Gasteiger partial charge in [-0.05, 0) is 19.4 Å². The van der Waals surface area contributed by atoms with Crippen LogP contribution in [-0.4, -0.2) is 45.6 Å². The van der Waals surface area contributed by atoms with Gasteiger partial charge in [-0.25, -0.2) is 4.79 Å². The zero-order valence-corrected chi connectivity index (χ0v) is 12.4. The van der Waals surface area contributed by atoms with Gasteiger partial charge in [-0.3, -0.25) is 14.5 Å². The molecule has 2 aliphatic rings. The number of fused-ring (bicyclic) bond motifs is 1. The van der Waals surface area contributed by atoms with Gasteiger partial charge >= 0.3 is 6.09 Å². The van der Waals surface area contributed by atoms with E-state index in [4.69, 9.17) is 5.73 Å². The molecule has 3 rings (SSSR count). The lowest BCUT2D eigenvalue weighted by Crippen LogP contribution is -2.56. The third-order valence-electron chi connectivity index (χ3n) is 5.00. The van der Waals surface area contributed by atoms with Crippen LogP contribution in [0, 0.1) is 5.41 Å². The molecule has 1 unspecified atom stereocenters. The monoisotopic (exact) mass is 319 g/mol. The Kier molecular flexibility index (Phi) is 3.12. The average molecular weight is 319 g/mol. The molecule has 122 valence electrons. The van der Waals surface area contributed by atoms with Gasteiger partial charge in [0.2, 0.25) is 11.8 Å². The zero-order chi connectivity index (χ0) is 17.0. The van der Waals surface area contributed by atoms with E-state index in [-0.39, 0.29) is 13.0 Å². The summed E-state index contributed by atoms with van der Waals surface area (Å²) < 4.78 is 0. The van der Waals surface area contributed by atoms with Gasteiger partial charge in [0.25, 0.3) is 0 Å². The van der Waals surface area contributed by atoms with Crippen molar-refractivity contribution in [3.05, 3.63) is 29.8 Å². The lowest BCUT2D eigenvalue weighted by Gasteiger charge is -2.45. The van der Waals surface area contributed by atoms with E-state index < -0.39 is 35.0 Å². The van der Waals surface area contributed by atoms with E-state index in [1.54, 1.807) is 24.3 Å². The van der Waals surface area contributed by atoms with Crippen LogP contribution < -0.4 is 11.1 Å². The van der Waals surface area contributed by atoms with E-state index in [1.807, 2.05) is 0 Å². The van der Waals surface area contributed by atoms with Gasteiger partial charge in [0.1, 0.15) is 17.1 Å². The van der Waals surface area contributed by atoms with Crippen molar-refractivity contribution in [2.75, 3.05) is 11.9 Å². The number of carboxylic acid groups (broad SMARTS) is 1. The first-order valence-corrected chi connectivity index (χ1v) is 7.13. The van der Waals surface area contributed by atoms with Crippen LogP contribution in [0.25, 0.3) is 0 Å². The maximum absolute atomic E-state index is 12.7. The SMILES string of the molecule is CC1(O)c2ccccc2NC(=O)[C@]12C[C@@H](C(N)=O)N(C(=O)O)C2. The number of nitrogens with one attached hydrogen (secondary N) is 1. The first-order chi connectivity index (χ1) is 10.7. The van der Waals surface area contributed by atoms with Crippen molar-refractivity contribution in [1.82, 2.24) is 4.90 Å². The van der Waals surface area contributed by atoms with Gasteiger partial charge in [-0.1, -0.05) is 18.2 Å². The molecule has 1 aromatic carbocycles. The van der Waals surface area contributed by atoms with E-state index in [2.05, 4.69) is 5.32 Å². The van der Waals surface area contributed by atoms with Crippen molar-refractivity contribution in [2.45, 2.75) is 25.0 Å². The van der Waals surface area contributed by atoms with Crippen LogP contribution in [0.3, 0.4) is 0 Å². The highest BCUT2D eigenvalue weighted by Crippen LogP contribution is 2.53. The molecule has 5 N–H and O–H groups in total. The Morgan fingerprint density at radius 3 is 2.61 bits per heavy atom. The second-order valence-electron chi connectivity index (χ2n) is 6.19. The molecule has 0 aliphatic carbocycles. The summed E-state index contributed by atoms with van der Waals surface area (Å²) in [5, 5.41) is 23.1. The van der Waals surface area contributed by atoms with Gasteiger partial charge < -0.3 is 21.3 Å².